The predicted octanol–water partition coefficient (Wildman–Crippen LogP) is 4.38. The number of thiophene rings is 1. The van der Waals surface area contributed by atoms with E-state index in [1.807, 2.05) is 24.3 Å². The minimum Gasteiger partial charge on any atom is -0.486 e. The van der Waals surface area contributed by atoms with E-state index in [1.165, 1.54) is 11.3 Å². The summed E-state index contributed by atoms with van der Waals surface area (Å²) in [5.74, 6) is 3.18. The molecule has 4 aromatic rings. The Hall–Kier alpha value is -2.84. The van der Waals surface area contributed by atoms with Crippen LogP contribution in [0.15, 0.2) is 41.1 Å². The van der Waals surface area contributed by atoms with Crippen LogP contribution in [0, 0.1) is 0 Å². The van der Waals surface area contributed by atoms with E-state index < -0.39 is 0 Å². The van der Waals surface area contributed by atoms with Gasteiger partial charge >= 0.3 is 0 Å². The maximum Gasteiger partial charge on any atom is 0.204 e. The number of anilines is 1. The highest BCUT2D eigenvalue weighted by atomic mass is 35.5. The molecule has 0 spiro atoms. The lowest BCUT2D eigenvalue weighted by molar-refractivity contribution is 0.171. The molecule has 136 valence electrons. The lowest BCUT2D eigenvalue weighted by Gasteiger charge is -2.19. The molecule has 4 heterocycles. The van der Waals surface area contributed by atoms with Crippen LogP contribution in [0.1, 0.15) is 5.56 Å². The fourth-order valence-electron chi connectivity index (χ4n) is 2.85. The zero-order valence-electron chi connectivity index (χ0n) is 13.9. The molecule has 27 heavy (non-hydrogen) atoms. The summed E-state index contributed by atoms with van der Waals surface area (Å²) in [6.45, 7) is 1.70. The molecule has 0 saturated heterocycles. The molecular weight excluding hydrogens is 388 g/mol. The first kappa shape index (κ1) is 16.3. The molecule has 0 bridgehead atoms. The number of hydrogen-bond donors (Lipinski definition) is 1. The largest absolute Gasteiger partial charge is 0.486 e. The van der Waals surface area contributed by atoms with Crippen molar-refractivity contribution in [1.29, 1.82) is 0 Å². The van der Waals surface area contributed by atoms with Gasteiger partial charge in [0, 0.05) is 12.6 Å². The maximum absolute atomic E-state index is 6.19. The fourth-order valence-corrected chi connectivity index (χ4v) is 3.94. The lowest BCUT2D eigenvalue weighted by Crippen LogP contribution is -2.15. The van der Waals surface area contributed by atoms with E-state index in [0.717, 1.165) is 27.3 Å². The van der Waals surface area contributed by atoms with Gasteiger partial charge in [-0.25, -0.2) is 9.97 Å². The molecule has 1 aromatic carbocycles. The standard InChI is InChI=1S/C18H13ClN4O3S/c19-15-8-11-16(22-17(23-18(11)27-15)13-3-4-21-26-13)20-9-10-1-2-12-14(7-10)25-6-5-24-12/h1-4,7-8H,5-6,9H2,(H,20,22,23). The molecule has 0 amide bonds. The van der Waals surface area contributed by atoms with Crippen molar-refractivity contribution >= 4 is 39.0 Å². The molecule has 5 rings (SSSR count). The molecule has 0 unspecified atom stereocenters. The molecule has 1 aliphatic heterocycles. The third-order valence-electron chi connectivity index (χ3n) is 4.09. The molecule has 0 fully saturated rings. The van der Waals surface area contributed by atoms with Gasteiger partial charge in [0.25, 0.3) is 0 Å². The highest BCUT2D eigenvalue weighted by molar-refractivity contribution is 7.22. The molecule has 7 nitrogen and oxygen atoms in total. The van der Waals surface area contributed by atoms with Crippen LogP contribution in [0.25, 0.3) is 21.8 Å². The highest BCUT2D eigenvalue weighted by Gasteiger charge is 2.15. The van der Waals surface area contributed by atoms with Gasteiger partial charge in [0.1, 0.15) is 23.9 Å². The van der Waals surface area contributed by atoms with Crippen LogP contribution in [0.5, 0.6) is 11.5 Å². The summed E-state index contributed by atoms with van der Waals surface area (Å²) in [6.07, 6.45) is 1.56. The Kier molecular flexibility index (Phi) is 4.06. The van der Waals surface area contributed by atoms with Gasteiger partial charge in [-0.2, -0.15) is 0 Å². The van der Waals surface area contributed by atoms with E-state index in [0.29, 0.717) is 41.5 Å². The number of ether oxygens (including phenoxy) is 2. The SMILES string of the molecule is Clc1cc2c(NCc3ccc4c(c3)OCCO4)nc(-c3ccno3)nc2s1. The monoisotopic (exact) mass is 400 g/mol. The highest BCUT2D eigenvalue weighted by Crippen LogP contribution is 2.35. The van der Waals surface area contributed by atoms with Crippen molar-refractivity contribution in [2.45, 2.75) is 6.54 Å². The Morgan fingerprint density at radius 1 is 1.07 bits per heavy atom. The molecule has 1 N–H and O–H groups in total. The lowest BCUT2D eigenvalue weighted by atomic mass is 10.2. The molecule has 0 saturated carbocycles. The van der Waals surface area contributed by atoms with Crippen LogP contribution in [-0.2, 0) is 6.54 Å². The zero-order chi connectivity index (χ0) is 18.2. The first-order valence-electron chi connectivity index (χ1n) is 8.27. The first-order chi connectivity index (χ1) is 13.3. The quantitative estimate of drug-likeness (QED) is 0.544. The summed E-state index contributed by atoms with van der Waals surface area (Å²) >= 11 is 7.58. The van der Waals surface area contributed by atoms with E-state index in [2.05, 4.69) is 20.4 Å². The summed E-state index contributed by atoms with van der Waals surface area (Å²) in [5.41, 5.74) is 1.05. The van der Waals surface area contributed by atoms with Crippen LogP contribution < -0.4 is 14.8 Å². The minimum atomic E-state index is 0.461. The molecule has 0 radical (unpaired) electrons. The van der Waals surface area contributed by atoms with Crippen LogP contribution in [0.3, 0.4) is 0 Å². The molecule has 1 aliphatic rings. The minimum absolute atomic E-state index is 0.461. The van der Waals surface area contributed by atoms with Crippen molar-refractivity contribution in [3.8, 4) is 23.1 Å². The number of rotatable bonds is 4. The van der Waals surface area contributed by atoms with Gasteiger partial charge in [0.05, 0.1) is 15.9 Å². The van der Waals surface area contributed by atoms with Crippen molar-refractivity contribution in [3.63, 3.8) is 0 Å². The fraction of sp³-hybridized carbons (Fsp3) is 0.167. The van der Waals surface area contributed by atoms with Gasteiger partial charge in [-0.15, -0.1) is 11.3 Å². The van der Waals surface area contributed by atoms with E-state index in [9.17, 15) is 0 Å². The second-order valence-corrected chi connectivity index (χ2v) is 7.54. The first-order valence-corrected chi connectivity index (χ1v) is 9.46. The van der Waals surface area contributed by atoms with Crippen molar-refractivity contribution < 1.29 is 14.0 Å². The van der Waals surface area contributed by atoms with Crippen LogP contribution in [0.2, 0.25) is 4.34 Å². The Morgan fingerprint density at radius 2 is 1.96 bits per heavy atom. The second kappa shape index (κ2) is 6.71. The number of fused-ring (bicyclic) bond motifs is 2. The number of benzene rings is 1. The smallest absolute Gasteiger partial charge is 0.204 e. The zero-order valence-corrected chi connectivity index (χ0v) is 15.5. The molecular formula is C18H13ClN4O3S. The summed E-state index contributed by atoms with van der Waals surface area (Å²) < 4.78 is 17.1. The van der Waals surface area contributed by atoms with Crippen molar-refractivity contribution in [2.75, 3.05) is 18.5 Å². The number of aromatic nitrogens is 3. The Labute approximate surface area is 162 Å². The topological polar surface area (TPSA) is 82.3 Å². The average molecular weight is 401 g/mol. The Balaban J connectivity index is 1.47. The molecule has 0 atom stereocenters. The van der Waals surface area contributed by atoms with Crippen LogP contribution in [-0.4, -0.2) is 28.3 Å². The normalized spacial score (nSPS) is 13.1. The summed E-state index contributed by atoms with van der Waals surface area (Å²) in [5, 5.41) is 7.96. The van der Waals surface area contributed by atoms with Gasteiger partial charge in [-0.3, -0.25) is 0 Å². The van der Waals surface area contributed by atoms with Gasteiger partial charge in [-0.1, -0.05) is 22.8 Å². The number of nitrogens with zero attached hydrogens (tertiary/aromatic N) is 3. The van der Waals surface area contributed by atoms with Gasteiger partial charge in [0.2, 0.25) is 11.6 Å². The van der Waals surface area contributed by atoms with E-state index in [-0.39, 0.29) is 0 Å². The van der Waals surface area contributed by atoms with Gasteiger partial charge < -0.3 is 19.3 Å². The number of nitrogens with one attached hydrogen (secondary N) is 1. The number of hydrogen-bond acceptors (Lipinski definition) is 8. The molecule has 0 aliphatic carbocycles. The van der Waals surface area contributed by atoms with Gasteiger partial charge in [0.15, 0.2) is 11.5 Å². The van der Waals surface area contributed by atoms with E-state index in [4.69, 9.17) is 25.6 Å². The summed E-state index contributed by atoms with van der Waals surface area (Å²) in [4.78, 5) is 9.90. The Bertz CT molecular complexity index is 1110. The summed E-state index contributed by atoms with van der Waals surface area (Å²) in [7, 11) is 0. The third kappa shape index (κ3) is 3.17. The van der Waals surface area contributed by atoms with Crippen molar-refractivity contribution in [1.82, 2.24) is 15.1 Å². The molecule has 9 heteroatoms. The van der Waals surface area contributed by atoms with Crippen molar-refractivity contribution in [3.05, 3.63) is 46.4 Å². The molecule has 3 aromatic heterocycles. The number of halogens is 1. The van der Waals surface area contributed by atoms with E-state index in [1.54, 1.807) is 12.3 Å². The second-order valence-electron chi connectivity index (χ2n) is 5.87. The Morgan fingerprint density at radius 3 is 2.81 bits per heavy atom. The summed E-state index contributed by atoms with van der Waals surface area (Å²) in [6, 6.07) is 9.47. The van der Waals surface area contributed by atoms with E-state index >= 15 is 0 Å². The third-order valence-corrected chi connectivity index (χ3v) is 5.25. The van der Waals surface area contributed by atoms with Crippen molar-refractivity contribution in [2.24, 2.45) is 0 Å². The van der Waals surface area contributed by atoms with Crippen LogP contribution in [0.4, 0.5) is 5.82 Å². The van der Waals surface area contributed by atoms with Gasteiger partial charge in [-0.05, 0) is 23.8 Å². The van der Waals surface area contributed by atoms with Crippen LogP contribution >= 0.6 is 22.9 Å². The predicted molar refractivity (Wildman–Crippen MR) is 103 cm³/mol. The average Bonchev–Trinajstić information content (AvgIpc) is 3.34. The maximum atomic E-state index is 6.19.